The summed E-state index contributed by atoms with van der Waals surface area (Å²) in [4.78, 5) is -0.381. The Balaban J connectivity index is 1.94. The number of hydrogen-bond acceptors (Lipinski definition) is 5. The molecule has 0 aliphatic carbocycles. The SMILES string of the molecule is O=S(=O)(c1ccc(NCC2CNCCO2)cc1)C(F)F. The molecule has 1 aromatic rings. The number of benzene rings is 1. The molecule has 1 aromatic carbocycles. The standard InChI is InChI=1S/C12H16F2N2O3S/c13-12(14)20(17,18)11-3-1-9(2-4-11)16-8-10-7-15-5-6-19-10/h1-4,10,12,15-16H,5-8H2. The number of nitrogens with one attached hydrogen (secondary N) is 2. The van der Waals surface area contributed by atoms with Crippen molar-refractivity contribution in [2.45, 2.75) is 16.8 Å². The molecule has 2 N–H and O–H groups in total. The van der Waals surface area contributed by atoms with Gasteiger partial charge in [0.1, 0.15) is 0 Å². The molecule has 0 bridgehead atoms. The van der Waals surface area contributed by atoms with E-state index in [1.54, 1.807) is 0 Å². The van der Waals surface area contributed by atoms with Crippen LogP contribution in [0.15, 0.2) is 29.2 Å². The van der Waals surface area contributed by atoms with Crippen LogP contribution in [0.3, 0.4) is 0 Å². The van der Waals surface area contributed by atoms with Gasteiger partial charge in [-0.15, -0.1) is 0 Å². The molecule has 0 saturated carbocycles. The van der Waals surface area contributed by atoms with Gasteiger partial charge in [0.25, 0.3) is 0 Å². The topological polar surface area (TPSA) is 67.4 Å². The summed E-state index contributed by atoms with van der Waals surface area (Å²) in [5.74, 6) is -3.40. The molecule has 1 unspecified atom stereocenters. The van der Waals surface area contributed by atoms with Crippen molar-refractivity contribution in [3.63, 3.8) is 0 Å². The highest BCUT2D eigenvalue weighted by atomic mass is 32.2. The van der Waals surface area contributed by atoms with Crippen molar-refractivity contribution in [2.75, 3.05) is 31.6 Å². The van der Waals surface area contributed by atoms with E-state index < -0.39 is 15.6 Å². The third-order valence-corrected chi connectivity index (χ3v) is 4.35. The van der Waals surface area contributed by atoms with Crippen LogP contribution < -0.4 is 10.6 Å². The van der Waals surface area contributed by atoms with Gasteiger partial charge >= 0.3 is 5.76 Å². The van der Waals surface area contributed by atoms with Crippen LogP contribution in [-0.2, 0) is 14.6 Å². The first-order valence-electron chi connectivity index (χ1n) is 6.18. The molecule has 5 nitrogen and oxygen atoms in total. The third-order valence-electron chi connectivity index (χ3n) is 2.96. The lowest BCUT2D eigenvalue weighted by Gasteiger charge is -2.24. The van der Waals surface area contributed by atoms with E-state index in [1.807, 2.05) is 0 Å². The Morgan fingerprint density at radius 3 is 2.60 bits per heavy atom. The average Bonchev–Trinajstić information content (AvgIpc) is 2.46. The van der Waals surface area contributed by atoms with E-state index in [1.165, 1.54) is 24.3 Å². The van der Waals surface area contributed by atoms with Crippen LogP contribution in [0.25, 0.3) is 0 Å². The molecule has 0 amide bonds. The second-order valence-corrected chi connectivity index (χ2v) is 6.33. The van der Waals surface area contributed by atoms with Crippen LogP contribution in [0.5, 0.6) is 0 Å². The van der Waals surface area contributed by atoms with Crippen molar-refractivity contribution in [3.05, 3.63) is 24.3 Å². The summed E-state index contributed by atoms with van der Waals surface area (Å²) in [6.45, 7) is 2.79. The van der Waals surface area contributed by atoms with E-state index in [0.717, 1.165) is 13.1 Å². The summed E-state index contributed by atoms with van der Waals surface area (Å²) in [5.41, 5.74) is 0.660. The Hall–Kier alpha value is -1.25. The van der Waals surface area contributed by atoms with Crippen LogP contribution in [0, 0.1) is 0 Å². The predicted octanol–water partition coefficient (Wildman–Crippen LogP) is 1.08. The van der Waals surface area contributed by atoms with Crippen molar-refractivity contribution >= 4 is 15.5 Å². The lowest BCUT2D eigenvalue weighted by molar-refractivity contribution is 0.0372. The Kier molecular flexibility index (Phi) is 4.90. The fourth-order valence-electron chi connectivity index (χ4n) is 1.85. The van der Waals surface area contributed by atoms with E-state index in [0.29, 0.717) is 18.8 Å². The van der Waals surface area contributed by atoms with Crippen molar-refractivity contribution in [2.24, 2.45) is 0 Å². The van der Waals surface area contributed by atoms with Gasteiger partial charge in [-0.2, -0.15) is 8.78 Å². The van der Waals surface area contributed by atoms with Crippen molar-refractivity contribution in [3.8, 4) is 0 Å². The lowest BCUT2D eigenvalue weighted by atomic mass is 10.2. The summed E-state index contributed by atoms with van der Waals surface area (Å²) < 4.78 is 52.7. The fraction of sp³-hybridized carbons (Fsp3) is 0.500. The van der Waals surface area contributed by atoms with Gasteiger partial charge in [0.15, 0.2) is 0 Å². The Morgan fingerprint density at radius 2 is 2.05 bits per heavy atom. The van der Waals surface area contributed by atoms with Gasteiger partial charge in [0.05, 0.1) is 17.6 Å². The number of ether oxygens (including phenoxy) is 1. The minimum atomic E-state index is -4.52. The van der Waals surface area contributed by atoms with Gasteiger partial charge in [-0.05, 0) is 24.3 Å². The lowest BCUT2D eigenvalue weighted by Crippen LogP contribution is -2.42. The Bertz CT molecular complexity index is 528. The second-order valence-electron chi connectivity index (χ2n) is 4.41. The number of morpholine rings is 1. The molecule has 8 heteroatoms. The quantitative estimate of drug-likeness (QED) is 0.852. The normalized spacial score (nSPS) is 20.1. The predicted molar refractivity (Wildman–Crippen MR) is 70.7 cm³/mol. The first-order chi connectivity index (χ1) is 9.50. The number of rotatable bonds is 5. The molecule has 2 rings (SSSR count). The maximum Gasteiger partial charge on any atom is 0.341 e. The summed E-state index contributed by atoms with van der Waals surface area (Å²) in [5, 5.41) is 6.26. The molecular weight excluding hydrogens is 290 g/mol. The molecule has 0 spiro atoms. The molecule has 1 fully saturated rings. The van der Waals surface area contributed by atoms with E-state index in [-0.39, 0.29) is 11.0 Å². The zero-order valence-electron chi connectivity index (χ0n) is 10.7. The van der Waals surface area contributed by atoms with Crippen LogP contribution in [0.4, 0.5) is 14.5 Å². The van der Waals surface area contributed by atoms with Crippen LogP contribution in [0.2, 0.25) is 0 Å². The van der Waals surface area contributed by atoms with Gasteiger partial charge in [-0.3, -0.25) is 0 Å². The first-order valence-corrected chi connectivity index (χ1v) is 7.73. The smallest absolute Gasteiger partial charge is 0.341 e. The summed E-state index contributed by atoms with van der Waals surface area (Å²) in [6, 6.07) is 5.27. The Labute approximate surface area is 116 Å². The Morgan fingerprint density at radius 1 is 1.35 bits per heavy atom. The molecule has 1 heterocycles. The van der Waals surface area contributed by atoms with E-state index >= 15 is 0 Å². The zero-order valence-corrected chi connectivity index (χ0v) is 11.5. The molecule has 1 aliphatic rings. The maximum atomic E-state index is 12.4. The van der Waals surface area contributed by atoms with Crippen molar-refractivity contribution in [1.82, 2.24) is 5.32 Å². The van der Waals surface area contributed by atoms with E-state index in [9.17, 15) is 17.2 Å². The van der Waals surface area contributed by atoms with Gasteiger partial charge < -0.3 is 15.4 Å². The highest BCUT2D eigenvalue weighted by molar-refractivity contribution is 7.91. The maximum absolute atomic E-state index is 12.4. The van der Waals surface area contributed by atoms with Crippen LogP contribution >= 0.6 is 0 Å². The zero-order chi connectivity index (χ0) is 14.6. The molecule has 1 saturated heterocycles. The van der Waals surface area contributed by atoms with Crippen molar-refractivity contribution < 1.29 is 21.9 Å². The second kappa shape index (κ2) is 6.47. The number of hydrogen-bond donors (Lipinski definition) is 2. The van der Waals surface area contributed by atoms with Crippen LogP contribution in [0.1, 0.15) is 0 Å². The molecule has 1 aliphatic heterocycles. The number of sulfone groups is 1. The first kappa shape index (κ1) is 15.1. The highest BCUT2D eigenvalue weighted by Crippen LogP contribution is 2.20. The number of anilines is 1. The minimum Gasteiger partial charge on any atom is -0.382 e. The van der Waals surface area contributed by atoms with Crippen LogP contribution in [-0.4, -0.2) is 46.5 Å². The molecule has 112 valence electrons. The number of halogens is 2. The summed E-state index contributed by atoms with van der Waals surface area (Å²) >= 11 is 0. The van der Waals surface area contributed by atoms with Gasteiger partial charge in [0.2, 0.25) is 9.84 Å². The molecule has 20 heavy (non-hydrogen) atoms. The largest absolute Gasteiger partial charge is 0.382 e. The molecule has 0 aromatic heterocycles. The minimum absolute atomic E-state index is 0.0354. The molecular formula is C12H16F2N2O3S. The van der Waals surface area contributed by atoms with E-state index in [2.05, 4.69) is 10.6 Å². The van der Waals surface area contributed by atoms with Gasteiger partial charge in [0, 0.05) is 25.3 Å². The van der Waals surface area contributed by atoms with Gasteiger partial charge in [-0.25, -0.2) is 8.42 Å². The highest BCUT2D eigenvalue weighted by Gasteiger charge is 2.26. The third kappa shape index (κ3) is 3.65. The average molecular weight is 306 g/mol. The van der Waals surface area contributed by atoms with Crippen molar-refractivity contribution in [1.29, 1.82) is 0 Å². The van der Waals surface area contributed by atoms with Gasteiger partial charge in [-0.1, -0.05) is 0 Å². The molecule has 0 radical (unpaired) electrons. The number of alkyl halides is 2. The fourth-order valence-corrected chi connectivity index (χ4v) is 2.57. The van der Waals surface area contributed by atoms with E-state index in [4.69, 9.17) is 4.74 Å². The monoisotopic (exact) mass is 306 g/mol. The summed E-state index contributed by atoms with van der Waals surface area (Å²) in [7, 11) is -4.52. The summed E-state index contributed by atoms with van der Waals surface area (Å²) in [6.07, 6.45) is 0.0354. The molecule has 1 atom stereocenters.